The third-order valence-electron chi connectivity index (χ3n) is 1.65. The Morgan fingerprint density at radius 1 is 1.55 bits per heavy atom. The number of anilines is 1. The fourth-order valence-electron chi connectivity index (χ4n) is 1.16. The molecule has 1 aromatic rings. The van der Waals surface area contributed by atoms with Gasteiger partial charge in [-0.2, -0.15) is 0 Å². The summed E-state index contributed by atoms with van der Waals surface area (Å²) in [5.41, 5.74) is 0.863. The van der Waals surface area contributed by atoms with Crippen molar-refractivity contribution in [2.24, 2.45) is 0 Å². The Morgan fingerprint density at radius 3 is 3.18 bits per heavy atom. The summed E-state index contributed by atoms with van der Waals surface area (Å²) < 4.78 is 5.13. The summed E-state index contributed by atoms with van der Waals surface area (Å²) in [6, 6.07) is 0. The number of oxazole rings is 1. The lowest BCUT2D eigenvalue weighted by atomic mass is 10.2. The number of fused-ring (bicyclic) bond motifs is 1. The molecule has 58 valence electrons. The van der Waals surface area contributed by atoms with E-state index in [0.717, 1.165) is 5.69 Å². The van der Waals surface area contributed by atoms with Gasteiger partial charge < -0.3 is 4.42 Å². The third-order valence-corrected chi connectivity index (χ3v) is 1.65. The minimum absolute atomic E-state index is 0.00801. The van der Waals surface area contributed by atoms with Crippen LogP contribution in [0.1, 0.15) is 18.0 Å². The van der Waals surface area contributed by atoms with E-state index >= 15 is 0 Å². The molecule has 1 amide bonds. The molecule has 0 aromatic carbocycles. The van der Waals surface area contributed by atoms with Gasteiger partial charge >= 0.3 is 0 Å². The highest BCUT2D eigenvalue weighted by Crippen LogP contribution is 2.22. The molecular formula is C7H8N2O2. The van der Waals surface area contributed by atoms with E-state index in [1.807, 2.05) is 0 Å². The van der Waals surface area contributed by atoms with Crippen LogP contribution >= 0.6 is 0 Å². The lowest BCUT2D eigenvalue weighted by molar-refractivity contribution is -0.116. The Bertz CT molecular complexity index is 303. The van der Waals surface area contributed by atoms with Crippen molar-refractivity contribution in [3.63, 3.8) is 0 Å². The normalized spacial score (nSPS) is 15.9. The van der Waals surface area contributed by atoms with Crippen molar-refractivity contribution in [2.75, 3.05) is 5.32 Å². The fourth-order valence-corrected chi connectivity index (χ4v) is 1.16. The quantitative estimate of drug-likeness (QED) is 0.600. The van der Waals surface area contributed by atoms with Gasteiger partial charge in [-0.3, -0.25) is 10.1 Å². The Balaban J connectivity index is 2.41. The second kappa shape index (κ2) is 2.08. The number of carbonyl (C=O) groups is 1. The van der Waals surface area contributed by atoms with Gasteiger partial charge in [0.2, 0.25) is 11.8 Å². The monoisotopic (exact) mass is 152 g/mol. The molecule has 0 saturated carbocycles. The van der Waals surface area contributed by atoms with Crippen LogP contribution in [0, 0.1) is 6.92 Å². The molecule has 1 aliphatic heterocycles. The zero-order valence-corrected chi connectivity index (χ0v) is 6.18. The number of nitrogens with zero attached hydrogens (tertiary/aromatic N) is 1. The van der Waals surface area contributed by atoms with Crippen LogP contribution in [-0.2, 0) is 11.2 Å². The van der Waals surface area contributed by atoms with Gasteiger partial charge in [-0.05, 0) is 0 Å². The maximum atomic E-state index is 10.8. The van der Waals surface area contributed by atoms with Crippen LogP contribution in [0.5, 0.6) is 0 Å². The van der Waals surface area contributed by atoms with Crippen molar-refractivity contribution in [2.45, 2.75) is 19.8 Å². The number of hydrogen-bond acceptors (Lipinski definition) is 3. The maximum Gasteiger partial charge on any atom is 0.227 e. The van der Waals surface area contributed by atoms with E-state index in [4.69, 9.17) is 4.42 Å². The van der Waals surface area contributed by atoms with E-state index in [-0.39, 0.29) is 5.91 Å². The molecule has 1 N–H and O–H groups in total. The molecule has 0 aliphatic carbocycles. The molecule has 0 fully saturated rings. The average Bonchev–Trinajstić information content (AvgIpc) is 2.27. The van der Waals surface area contributed by atoms with E-state index in [9.17, 15) is 4.79 Å². The van der Waals surface area contributed by atoms with E-state index in [1.165, 1.54) is 0 Å². The number of rotatable bonds is 0. The Morgan fingerprint density at radius 2 is 2.36 bits per heavy atom. The molecule has 0 unspecified atom stereocenters. The van der Waals surface area contributed by atoms with Crippen LogP contribution in [0.15, 0.2) is 4.42 Å². The molecule has 1 aliphatic rings. The molecule has 1 aromatic heterocycles. The van der Waals surface area contributed by atoms with Crippen LogP contribution < -0.4 is 5.32 Å². The minimum atomic E-state index is 0.00801. The Kier molecular flexibility index (Phi) is 1.21. The van der Waals surface area contributed by atoms with Crippen LogP contribution in [0.25, 0.3) is 0 Å². The first-order valence-electron chi connectivity index (χ1n) is 3.52. The van der Waals surface area contributed by atoms with Crippen molar-refractivity contribution in [3.05, 3.63) is 11.6 Å². The van der Waals surface area contributed by atoms with Crippen LogP contribution in [0.2, 0.25) is 0 Å². The fraction of sp³-hybridized carbons (Fsp3) is 0.429. The standard InChI is InChI=1S/C7H8N2O2/c1-4-8-5-2-3-6(10)9-7(5)11-4/h2-3H2,1H3,(H,9,10). The molecule has 2 rings (SSSR count). The predicted octanol–water partition coefficient (Wildman–Crippen LogP) is 0.868. The minimum Gasteiger partial charge on any atom is -0.425 e. The summed E-state index contributed by atoms with van der Waals surface area (Å²) in [6.07, 6.45) is 1.21. The molecule has 0 bridgehead atoms. The molecule has 0 saturated heterocycles. The zero-order chi connectivity index (χ0) is 7.84. The smallest absolute Gasteiger partial charge is 0.227 e. The van der Waals surface area contributed by atoms with Gasteiger partial charge in [-0.1, -0.05) is 0 Å². The van der Waals surface area contributed by atoms with Crippen molar-refractivity contribution in [1.82, 2.24) is 4.98 Å². The van der Waals surface area contributed by atoms with E-state index in [1.54, 1.807) is 6.92 Å². The van der Waals surface area contributed by atoms with Crippen molar-refractivity contribution >= 4 is 11.8 Å². The van der Waals surface area contributed by atoms with Crippen LogP contribution in [0.3, 0.4) is 0 Å². The SMILES string of the molecule is Cc1nc2c(o1)NC(=O)CC2. The molecule has 4 nitrogen and oxygen atoms in total. The number of aromatic nitrogens is 1. The Hall–Kier alpha value is -1.32. The van der Waals surface area contributed by atoms with Gasteiger partial charge in [0, 0.05) is 19.8 Å². The largest absolute Gasteiger partial charge is 0.425 e. The first-order valence-corrected chi connectivity index (χ1v) is 3.52. The lowest BCUT2D eigenvalue weighted by Gasteiger charge is -2.07. The summed E-state index contributed by atoms with van der Waals surface area (Å²) in [4.78, 5) is 14.9. The summed E-state index contributed by atoms with van der Waals surface area (Å²) in [7, 11) is 0. The second-order valence-corrected chi connectivity index (χ2v) is 2.56. The highest BCUT2D eigenvalue weighted by molar-refractivity contribution is 5.91. The zero-order valence-electron chi connectivity index (χ0n) is 6.18. The number of carbonyl (C=O) groups excluding carboxylic acids is 1. The summed E-state index contributed by atoms with van der Waals surface area (Å²) in [5, 5.41) is 2.61. The maximum absolute atomic E-state index is 10.8. The predicted molar refractivity (Wildman–Crippen MR) is 38.2 cm³/mol. The summed E-state index contributed by atoms with van der Waals surface area (Å²) in [6.45, 7) is 1.77. The Labute approximate surface area is 63.6 Å². The average molecular weight is 152 g/mol. The first kappa shape index (κ1) is 6.39. The molecule has 2 heterocycles. The number of aryl methyl sites for hydroxylation is 2. The van der Waals surface area contributed by atoms with Crippen LogP contribution in [0.4, 0.5) is 5.88 Å². The van der Waals surface area contributed by atoms with E-state index < -0.39 is 0 Å². The number of amides is 1. The van der Waals surface area contributed by atoms with Gasteiger partial charge in [0.1, 0.15) is 5.69 Å². The van der Waals surface area contributed by atoms with Crippen molar-refractivity contribution in [1.29, 1.82) is 0 Å². The highest BCUT2D eigenvalue weighted by atomic mass is 16.4. The first-order chi connectivity index (χ1) is 5.25. The van der Waals surface area contributed by atoms with Gasteiger partial charge in [-0.15, -0.1) is 0 Å². The third kappa shape index (κ3) is 1.00. The molecule has 11 heavy (non-hydrogen) atoms. The molecule has 0 atom stereocenters. The van der Waals surface area contributed by atoms with Gasteiger partial charge in [0.15, 0.2) is 5.89 Å². The molecule has 4 heteroatoms. The highest BCUT2D eigenvalue weighted by Gasteiger charge is 2.19. The van der Waals surface area contributed by atoms with Gasteiger partial charge in [-0.25, -0.2) is 4.98 Å². The summed E-state index contributed by atoms with van der Waals surface area (Å²) >= 11 is 0. The van der Waals surface area contributed by atoms with Crippen molar-refractivity contribution in [3.8, 4) is 0 Å². The molecule has 0 radical (unpaired) electrons. The molecule has 0 spiro atoms. The lowest BCUT2D eigenvalue weighted by Crippen LogP contribution is -2.17. The van der Waals surface area contributed by atoms with Crippen LogP contribution in [-0.4, -0.2) is 10.9 Å². The van der Waals surface area contributed by atoms with E-state index in [2.05, 4.69) is 10.3 Å². The second-order valence-electron chi connectivity index (χ2n) is 2.56. The van der Waals surface area contributed by atoms with E-state index in [0.29, 0.717) is 24.6 Å². The number of hydrogen-bond donors (Lipinski definition) is 1. The summed E-state index contributed by atoms with van der Waals surface area (Å²) in [5.74, 6) is 1.14. The van der Waals surface area contributed by atoms with Gasteiger partial charge in [0.25, 0.3) is 0 Å². The van der Waals surface area contributed by atoms with Crippen molar-refractivity contribution < 1.29 is 9.21 Å². The number of nitrogens with one attached hydrogen (secondary N) is 1. The molecular weight excluding hydrogens is 144 g/mol. The van der Waals surface area contributed by atoms with Gasteiger partial charge in [0.05, 0.1) is 0 Å². The topological polar surface area (TPSA) is 55.1 Å².